The number of hydrogen-bond donors (Lipinski definition) is 0. The van der Waals surface area contributed by atoms with Gasteiger partial charge < -0.3 is 4.74 Å². The first-order chi connectivity index (χ1) is 7.92. The fourth-order valence-electron chi connectivity index (χ4n) is 2.37. The molecule has 0 bridgehead atoms. The Labute approximate surface area is 100 Å². The summed E-state index contributed by atoms with van der Waals surface area (Å²) in [5.74, 6) is 0.749. The van der Waals surface area contributed by atoms with Gasteiger partial charge in [-0.3, -0.25) is 4.90 Å². The molecule has 2 heterocycles. The van der Waals surface area contributed by atoms with Crippen molar-refractivity contribution in [2.75, 3.05) is 19.8 Å². The van der Waals surface area contributed by atoms with Crippen molar-refractivity contribution in [2.24, 2.45) is 5.92 Å². The molecule has 0 N–H and O–H groups in total. The second kappa shape index (κ2) is 4.82. The van der Waals surface area contributed by atoms with Crippen LogP contribution in [0.2, 0.25) is 0 Å². The number of rotatable bonds is 5. The highest BCUT2D eigenvalue weighted by Crippen LogP contribution is 2.30. The molecule has 1 aliphatic carbocycles. The van der Waals surface area contributed by atoms with Gasteiger partial charge in [0.25, 0.3) is 0 Å². The van der Waals surface area contributed by atoms with Crippen molar-refractivity contribution in [3.05, 3.63) is 16.6 Å². The van der Waals surface area contributed by atoms with Crippen molar-refractivity contribution in [2.45, 2.75) is 31.8 Å². The van der Waals surface area contributed by atoms with E-state index in [0.717, 1.165) is 31.7 Å². The Morgan fingerprint density at radius 2 is 2.38 bits per heavy atom. The van der Waals surface area contributed by atoms with Crippen LogP contribution in [0.25, 0.3) is 0 Å². The highest BCUT2D eigenvalue weighted by Gasteiger charge is 2.31. The molecular formula is C12H18N2OS. The number of nitrogens with zero attached hydrogens (tertiary/aromatic N) is 2. The lowest BCUT2D eigenvalue weighted by Gasteiger charge is -2.23. The molecule has 3 rings (SSSR count). The van der Waals surface area contributed by atoms with Crippen LogP contribution in [0.1, 0.15) is 25.0 Å². The van der Waals surface area contributed by atoms with Gasteiger partial charge >= 0.3 is 0 Å². The SMILES string of the molecule is c1nc(CN(CC2CCOC2)C2CC2)cs1. The molecule has 2 fully saturated rings. The Bertz CT molecular complexity index is 318. The molecular weight excluding hydrogens is 220 g/mol. The summed E-state index contributed by atoms with van der Waals surface area (Å²) in [6.45, 7) is 4.15. The summed E-state index contributed by atoms with van der Waals surface area (Å²) in [6, 6.07) is 0.822. The van der Waals surface area contributed by atoms with Gasteiger partial charge in [-0.25, -0.2) is 4.98 Å². The molecule has 0 amide bonds. The Hall–Kier alpha value is -0.450. The maximum atomic E-state index is 5.45. The van der Waals surface area contributed by atoms with E-state index in [1.165, 1.54) is 31.5 Å². The predicted molar refractivity (Wildman–Crippen MR) is 64.5 cm³/mol. The standard InChI is InChI=1S/C12H18N2OS/c1-2-12(1)14(5-10-3-4-15-7-10)6-11-8-16-9-13-11/h8-10,12H,1-7H2. The van der Waals surface area contributed by atoms with Crippen molar-refractivity contribution >= 4 is 11.3 Å². The smallest absolute Gasteiger partial charge is 0.0795 e. The van der Waals surface area contributed by atoms with Crippen LogP contribution in [0.4, 0.5) is 0 Å². The number of thiazole rings is 1. The lowest BCUT2D eigenvalue weighted by atomic mass is 10.1. The zero-order valence-electron chi connectivity index (χ0n) is 9.47. The maximum absolute atomic E-state index is 5.45. The van der Waals surface area contributed by atoms with Gasteiger partial charge in [0.1, 0.15) is 0 Å². The van der Waals surface area contributed by atoms with E-state index in [4.69, 9.17) is 4.74 Å². The molecule has 1 aromatic heterocycles. The van der Waals surface area contributed by atoms with Gasteiger partial charge in [-0.15, -0.1) is 11.3 Å². The van der Waals surface area contributed by atoms with Gasteiger partial charge in [-0.2, -0.15) is 0 Å². The summed E-state index contributed by atoms with van der Waals surface area (Å²) in [7, 11) is 0. The molecule has 2 aliphatic rings. The van der Waals surface area contributed by atoms with Crippen LogP contribution in [-0.4, -0.2) is 35.7 Å². The van der Waals surface area contributed by atoms with Crippen LogP contribution in [0.3, 0.4) is 0 Å². The largest absolute Gasteiger partial charge is 0.381 e. The molecule has 1 saturated carbocycles. The van der Waals surface area contributed by atoms with Crippen molar-refractivity contribution < 1.29 is 4.74 Å². The van der Waals surface area contributed by atoms with E-state index in [9.17, 15) is 0 Å². The summed E-state index contributed by atoms with van der Waals surface area (Å²) in [6.07, 6.45) is 3.98. The monoisotopic (exact) mass is 238 g/mol. The van der Waals surface area contributed by atoms with E-state index in [-0.39, 0.29) is 0 Å². The minimum Gasteiger partial charge on any atom is -0.381 e. The first kappa shape index (κ1) is 10.7. The molecule has 3 nitrogen and oxygen atoms in total. The molecule has 88 valence electrons. The third kappa shape index (κ3) is 2.62. The predicted octanol–water partition coefficient (Wildman–Crippen LogP) is 2.14. The highest BCUT2D eigenvalue weighted by molar-refractivity contribution is 7.07. The average Bonchev–Trinajstić information content (AvgIpc) is 2.79. The van der Waals surface area contributed by atoms with Gasteiger partial charge in [-0.1, -0.05) is 0 Å². The van der Waals surface area contributed by atoms with Crippen molar-refractivity contribution in [3.8, 4) is 0 Å². The minimum absolute atomic E-state index is 0.749. The second-order valence-electron chi connectivity index (χ2n) is 4.87. The topological polar surface area (TPSA) is 25.4 Å². The number of aromatic nitrogens is 1. The van der Waals surface area contributed by atoms with Crippen LogP contribution in [-0.2, 0) is 11.3 Å². The Balaban J connectivity index is 1.57. The van der Waals surface area contributed by atoms with Gasteiger partial charge in [0.05, 0.1) is 17.8 Å². The Morgan fingerprint density at radius 1 is 1.44 bits per heavy atom. The molecule has 1 atom stereocenters. The average molecular weight is 238 g/mol. The fourth-order valence-corrected chi connectivity index (χ4v) is 2.91. The minimum atomic E-state index is 0.749. The maximum Gasteiger partial charge on any atom is 0.0795 e. The fraction of sp³-hybridized carbons (Fsp3) is 0.750. The van der Waals surface area contributed by atoms with Crippen LogP contribution in [0, 0.1) is 5.92 Å². The Morgan fingerprint density at radius 3 is 3.00 bits per heavy atom. The molecule has 1 unspecified atom stereocenters. The number of hydrogen-bond acceptors (Lipinski definition) is 4. The van der Waals surface area contributed by atoms with E-state index in [1.54, 1.807) is 11.3 Å². The molecule has 4 heteroatoms. The zero-order valence-corrected chi connectivity index (χ0v) is 10.3. The summed E-state index contributed by atoms with van der Waals surface area (Å²) < 4.78 is 5.45. The highest BCUT2D eigenvalue weighted by atomic mass is 32.1. The lowest BCUT2D eigenvalue weighted by Crippen LogP contribution is -2.31. The third-order valence-electron chi connectivity index (χ3n) is 3.43. The zero-order chi connectivity index (χ0) is 10.8. The quantitative estimate of drug-likeness (QED) is 0.786. The van der Waals surface area contributed by atoms with E-state index < -0.39 is 0 Å². The summed E-state index contributed by atoms with van der Waals surface area (Å²) in [4.78, 5) is 6.99. The molecule has 16 heavy (non-hydrogen) atoms. The van der Waals surface area contributed by atoms with E-state index in [2.05, 4.69) is 15.3 Å². The van der Waals surface area contributed by atoms with Crippen LogP contribution in [0.5, 0.6) is 0 Å². The summed E-state index contributed by atoms with van der Waals surface area (Å²) in [5, 5.41) is 2.17. The Kier molecular flexibility index (Phi) is 3.22. The summed E-state index contributed by atoms with van der Waals surface area (Å²) >= 11 is 1.69. The first-order valence-electron chi connectivity index (χ1n) is 6.10. The molecule has 0 aromatic carbocycles. The van der Waals surface area contributed by atoms with E-state index in [1.807, 2.05) is 5.51 Å². The third-order valence-corrected chi connectivity index (χ3v) is 4.06. The van der Waals surface area contributed by atoms with Gasteiger partial charge in [0, 0.05) is 31.1 Å². The second-order valence-corrected chi connectivity index (χ2v) is 5.59. The van der Waals surface area contributed by atoms with E-state index in [0.29, 0.717) is 0 Å². The van der Waals surface area contributed by atoms with Crippen LogP contribution in [0.15, 0.2) is 10.9 Å². The normalized spacial score (nSPS) is 25.4. The van der Waals surface area contributed by atoms with Crippen LogP contribution < -0.4 is 0 Å². The molecule has 1 aliphatic heterocycles. The molecule has 1 aromatic rings. The number of ether oxygens (including phenoxy) is 1. The van der Waals surface area contributed by atoms with Crippen molar-refractivity contribution in [1.29, 1.82) is 0 Å². The molecule has 0 spiro atoms. The van der Waals surface area contributed by atoms with Crippen LogP contribution >= 0.6 is 11.3 Å². The van der Waals surface area contributed by atoms with Gasteiger partial charge in [-0.05, 0) is 25.2 Å². The van der Waals surface area contributed by atoms with Gasteiger partial charge in [0.15, 0.2) is 0 Å². The summed E-state index contributed by atoms with van der Waals surface area (Å²) in [5.41, 5.74) is 3.16. The lowest BCUT2D eigenvalue weighted by molar-refractivity contribution is 0.161. The van der Waals surface area contributed by atoms with Crippen molar-refractivity contribution in [1.82, 2.24) is 9.88 Å². The molecule has 1 saturated heterocycles. The van der Waals surface area contributed by atoms with E-state index >= 15 is 0 Å². The molecule has 0 radical (unpaired) electrons. The van der Waals surface area contributed by atoms with Crippen molar-refractivity contribution in [3.63, 3.8) is 0 Å². The first-order valence-corrected chi connectivity index (χ1v) is 7.05. The van der Waals surface area contributed by atoms with Gasteiger partial charge in [0.2, 0.25) is 0 Å².